The summed E-state index contributed by atoms with van der Waals surface area (Å²) in [5.74, 6) is 0. The summed E-state index contributed by atoms with van der Waals surface area (Å²) in [5, 5.41) is 4.37. The third-order valence-corrected chi connectivity index (χ3v) is 2.43. The van der Waals surface area contributed by atoms with E-state index in [9.17, 15) is 0 Å². The van der Waals surface area contributed by atoms with Gasteiger partial charge in [0.2, 0.25) is 0 Å². The van der Waals surface area contributed by atoms with Gasteiger partial charge < -0.3 is 5.73 Å². The molecule has 1 rings (SSSR count). The lowest BCUT2D eigenvalue weighted by Crippen LogP contribution is -2.30. The second kappa shape index (κ2) is 6.58. The summed E-state index contributed by atoms with van der Waals surface area (Å²) in [5.41, 5.74) is 6.72. The van der Waals surface area contributed by atoms with E-state index in [2.05, 4.69) is 23.0 Å². The minimum atomic E-state index is 0.719. The summed E-state index contributed by atoms with van der Waals surface area (Å²) >= 11 is 0. The van der Waals surface area contributed by atoms with Crippen LogP contribution in [0, 0.1) is 0 Å². The van der Waals surface area contributed by atoms with E-state index < -0.39 is 0 Å². The second-order valence-electron chi connectivity index (χ2n) is 3.90. The van der Waals surface area contributed by atoms with Crippen molar-refractivity contribution in [3.8, 4) is 0 Å². The first-order chi connectivity index (χ1) is 7.26. The van der Waals surface area contributed by atoms with Gasteiger partial charge in [0.15, 0.2) is 0 Å². The number of unbranched alkanes of at least 4 members (excludes halogenated alkanes) is 1. The van der Waals surface area contributed by atoms with Crippen LogP contribution >= 0.6 is 0 Å². The second-order valence-corrected chi connectivity index (χ2v) is 3.90. The smallest absolute Gasteiger partial charge is 0.0764 e. The normalized spacial score (nSPS) is 11.2. The molecule has 0 aliphatic carbocycles. The molecule has 86 valence electrons. The standard InChI is InChI=1S/C11H22N4/c1-3-4-7-15(9-6-12)10-11-5-8-14(2)13-11/h5,8H,3-4,6-7,9-10,12H2,1-2H3. The summed E-state index contributed by atoms with van der Waals surface area (Å²) in [6.45, 7) is 5.91. The van der Waals surface area contributed by atoms with Crippen LogP contribution in [-0.4, -0.2) is 34.3 Å². The van der Waals surface area contributed by atoms with Crippen LogP contribution in [0.5, 0.6) is 0 Å². The van der Waals surface area contributed by atoms with Crippen LogP contribution in [0.4, 0.5) is 0 Å². The van der Waals surface area contributed by atoms with Crippen molar-refractivity contribution in [1.82, 2.24) is 14.7 Å². The molecule has 0 amide bonds. The van der Waals surface area contributed by atoms with Gasteiger partial charge in [-0.1, -0.05) is 13.3 Å². The highest BCUT2D eigenvalue weighted by molar-refractivity contribution is 4.98. The van der Waals surface area contributed by atoms with Crippen LogP contribution in [-0.2, 0) is 13.6 Å². The van der Waals surface area contributed by atoms with Crippen molar-refractivity contribution < 1.29 is 0 Å². The summed E-state index contributed by atoms with van der Waals surface area (Å²) in [6.07, 6.45) is 4.44. The third kappa shape index (κ3) is 4.44. The van der Waals surface area contributed by atoms with Gasteiger partial charge in [-0.05, 0) is 19.0 Å². The first kappa shape index (κ1) is 12.2. The van der Waals surface area contributed by atoms with Gasteiger partial charge in [0.25, 0.3) is 0 Å². The van der Waals surface area contributed by atoms with E-state index in [0.717, 1.165) is 31.9 Å². The molecule has 4 heteroatoms. The zero-order valence-corrected chi connectivity index (χ0v) is 9.82. The van der Waals surface area contributed by atoms with Gasteiger partial charge in [0, 0.05) is 32.9 Å². The fraction of sp³-hybridized carbons (Fsp3) is 0.727. The highest BCUT2D eigenvalue weighted by Gasteiger charge is 2.06. The topological polar surface area (TPSA) is 47.1 Å². The van der Waals surface area contributed by atoms with Crippen LogP contribution < -0.4 is 5.73 Å². The predicted octanol–water partition coefficient (Wildman–Crippen LogP) is 0.981. The molecule has 0 radical (unpaired) electrons. The van der Waals surface area contributed by atoms with Gasteiger partial charge in [0.1, 0.15) is 0 Å². The van der Waals surface area contributed by atoms with Gasteiger partial charge in [-0.3, -0.25) is 9.58 Å². The van der Waals surface area contributed by atoms with Crippen molar-refractivity contribution >= 4 is 0 Å². The summed E-state index contributed by atoms with van der Waals surface area (Å²) in [6, 6.07) is 2.06. The minimum Gasteiger partial charge on any atom is -0.329 e. The van der Waals surface area contributed by atoms with Crippen molar-refractivity contribution in [2.75, 3.05) is 19.6 Å². The molecule has 0 fully saturated rings. The number of hydrogen-bond acceptors (Lipinski definition) is 3. The molecule has 0 bridgehead atoms. The van der Waals surface area contributed by atoms with Gasteiger partial charge in [-0.15, -0.1) is 0 Å². The van der Waals surface area contributed by atoms with Crippen LogP contribution in [0.3, 0.4) is 0 Å². The first-order valence-corrected chi connectivity index (χ1v) is 5.67. The lowest BCUT2D eigenvalue weighted by atomic mass is 10.3. The highest BCUT2D eigenvalue weighted by Crippen LogP contribution is 2.02. The maximum atomic E-state index is 5.59. The molecule has 0 atom stereocenters. The monoisotopic (exact) mass is 210 g/mol. The molecule has 0 aromatic carbocycles. The van der Waals surface area contributed by atoms with Gasteiger partial charge in [-0.2, -0.15) is 5.10 Å². The summed E-state index contributed by atoms with van der Waals surface area (Å²) in [7, 11) is 1.95. The Bertz CT molecular complexity index is 269. The van der Waals surface area contributed by atoms with E-state index in [1.54, 1.807) is 0 Å². The third-order valence-electron chi connectivity index (χ3n) is 2.43. The van der Waals surface area contributed by atoms with Crippen molar-refractivity contribution in [3.05, 3.63) is 18.0 Å². The number of rotatable bonds is 7. The largest absolute Gasteiger partial charge is 0.329 e. The van der Waals surface area contributed by atoms with E-state index >= 15 is 0 Å². The van der Waals surface area contributed by atoms with Crippen molar-refractivity contribution in [1.29, 1.82) is 0 Å². The Hall–Kier alpha value is -0.870. The van der Waals surface area contributed by atoms with Crippen molar-refractivity contribution in [2.45, 2.75) is 26.3 Å². The lowest BCUT2D eigenvalue weighted by Gasteiger charge is -2.19. The van der Waals surface area contributed by atoms with E-state index in [1.807, 2.05) is 17.9 Å². The summed E-state index contributed by atoms with van der Waals surface area (Å²) in [4.78, 5) is 2.37. The van der Waals surface area contributed by atoms with E-state index in [4.69, 9.17) is 5.73 Å². The Labute approximate surface area is 92.1 Å². The molecule has 0 aliphatic heterocycles. The Kier molecular flexibility index (Phi) is 5.36. The van der Waals surface area contributed by atoms with E-state index in [1.165, 1.54) is 12.8 Å². The quantitative estimate of drug-likeness (QED) is 0.730. The molecule has 0 unspecified atom stereocenters. The molecule has 0 saturated carbocycles. The Morgan fingerprint density at radius 2 is 2.27 bits per heavy atom. The van der Waals surface area contributed by atoms with Gasteiger partial charge in [-0.25, -0.2) is 0 Å². The van der Waals surface area contributed by atoms with Crippen molar-refractivity contribution in [2.24, 2.45) is 12.8 Å². The molecule has 0 saturated heterocycles. The maximum absolute atomic E-state index is 5.59. The number of nitrogens with two attached hydrogens (primary N) is 1. The van der Waals surface area contributed by atoms with Gasteiger partial charge >= 0.3 is 0 Å². The van der Waals surface area contributed by atoms with Crippen LogP contribution in [0.25, 0.3) is 0 Å². The van der Waals surface area contributed by atoms with Crippen LogP contribution in [0.1, 0.15) is 25.5 Å². The zero-order chi connectivity index (χ0) is 11.1. The first-order valence-electron chi connectivity index (χ1n) is 5.67. The van der Waals surface area contributed by atoms with E-state index in [0.29, 0.717) is 0 Å². The number of aromatic nitrogens is 2. The molecule has 15 heavy (non-hydrogen) atoms. The molecule has 1 aromatic heterocycles. The van der Waals surface area contributed by atoms with Crippen molar-refractivity contribution in [3.63, 3.8) is 0 Å². The Morgan fingerprint density at radius 1 is 1.47 bits per heavy atom. The molecule has 0 spiro atoms. The van der Waals surface area contributed by atoms with E-state index in [-0.39, 0.29) is 0 Å². The number of aryl methyl sites for hydroxylation is 1. The molecular weight excluding hydrogens is 188 g/mol. The minimum absolute atomic E-state index is 0.719. The zero-order valence-electron chi connectivity index (χ0n) is 9.82. The molecule has 2 N–H and O–H groups in total. The van der Waals surface area contributed by atoms with Crippen LogP contribution in [0.2, 0.25) is 0 Å². The fourth-order valence-corrected chi connectivity index (χ4v) is 1.61. The SMILES string of the molecule is CCCCN(CCN)Cc1ccn(C)n1. The number of nitrogens with zero attached hydrogens (tertiary/aromatic N) is 3. The Balaban J connectivity index is 2.42. The predicted molar refractivity (Wildman–Crippen MR) is 62.4 cm³/mol. The van der Waals surface area contributed by atoms with Gasteiger partial charge in [0.05, 0.1) is 5.69 Å². The molecule has 4 nitrogen and oxygen atoms in total. The molecule has 1 heterocycles. The lowest BCUT2D eigenvalue weighted by molar-refractivity contribution is 0.265. The molecular formula is C11H22N4. The average molecular weight is 210 g/mol. The molecule has 0 aliphatic rings. The summed E-state index contributed by atoms with van der Waals surface area (Å²) < 4.78 is 1.84. The highest BCUT2D eigenvalue weighted by atomic mass is 15.3. The maximum Gasteiger partial charge on any atom is 0.0764 e. The Morgan fingerprint density at radius 3 is 2.80 bits per heavy atom. The number of hydrogen-bond donors (Lipinski definition) is 1. The fourth-order valence-electron chi connectivity index (χ4n) is 1.61. The van der Waals surface area contributed by atoms with Crippen LogP contribution in [0.15, 0.2) is 12.3 Å². The molecule has 1 aromatic rings. The average Bonchev–Trinajstić information content (AvgIpc) is 2.61.